The molecule has 0 aliphatic heterocycles. The van der Waals surface area contributed by atoms with Crippen molar-refractivity contribution < 1.29 is 13.3 Å². The first-order chi connectivity index (χ1) is 69.3. The molecule has 30 rings (SSSR count). The molecule has 0 amide bonds. The Hall–Kier alpha value is -18.6. The highest BCUT2D eigenvalue weighted by atomic mass is 32.1. The summed E-state index contributed by atoms with van der Waals surface area (Å²) in [7, 11) is 0. The molecule has 0 spiro atoms. The van der Waals surface area contributed by atoms with Crippen LogP contribution in [0.3, 0.4) is 0 Å². The summed E-state index contributed by atoms with van der Waals surface area (Å²) >= 11 is 1.85. The van der Waals surface area contributed by atoms with Gasteiger partial charge in [-0.3, -0.25) is 0 Å². The fourth-order valence-electron chi connectivity index (χ4n) is 20.2. The largest absolute Gasteiger partial charge is 0.456 e. The molecule has 0 N–H and O–H groups in total. The Kier molecular flexibility index (Phi) is 19.5. The molecule has 0 saturated carbocycles. The van der Waals surface area contributed by atoms with Gasteiger partial charge in [0.25, 0.3) is 0 Å². The first-order valence-corrected chi connectivity index (χ1v) is 47.7. The summed E-state index contributed by atoms with van der Waals surface area (Å²) in [6.07, 6.45) is 0. The van der Waals surface area contributed by atoms with Crippen LogP contribution < -0.4 is 0 Å². The third kappa shape index (κ3) is 14.4. The molecule has 8 aromatic heterocycles. The monoisotopic (exact) mass is 1800 g/mol. The van der Waals surface area contributed by atoms with Crippen molar-refractivity contribution in [2.45, 2.75) is 0 Å². The molecule has 0 unspecified atom stereocenters. The molecule has 0 atom stereocenters. The molecule has 0 bridgehead atoms. The Morgan fingerprint density at radius 2 is 0.486 bits per heavy atom. The molecule has 0 radical (unpaired) electrons. The van der Waals surface area contributed by atoms with Crippen LogP contribution in [0, 0.1) is 0 Å². The Balaban J connectivity index is 0.0000000939. The average molecular weight is 1810 g/mol. The maximum Gasteiger partial charge on any atom is 0.160 e. The molecule has 0 fully saturated rings. The summed E-state index contributed by atoms with van der Waals surface area (Å²) in [6.45, 7) is 0. The highest BCUT2D eigenvalue weighted by Gasteiger charge is 2.23. The summed E-state index contributed by atoms with van der Waals surface area (Å²) < 4.78 is 21.0. The van der Waals surface area contributed by atoms with E-state index in [1.54, 1.807) is 0 Å². The topological polar surface area (TPSA) is 143 Å². The van der Waals surface area contributed by atoms with E-state index in [2.05, 4.69) is 352 Å². The van der Waals surface area contributed by atoms with Gasteiger partial charge in [0.15, 0.2) is 23.3 Å². The molecular weight excluding hydrogens is 1730 g/mol. The van der Waals surface area contributed by atoms with Crippen molar-refractivity contribution >= 4 is 206 Å². The van der Waals surface area contributed by atoms with Crippen LogP contribution in [0.25, 0.3) is 285 Å². The summed E-state index contributed by atoms with van der Waals surface area (Å²) in [6, 6.07) is 160. The number of hydrogen-bond acceptors (Lipinski definition) is 12. The zero-order chi connectivity index (χ0) is 92.2. The maximum absolute atomic E-state index is 6.16. The maximum atomic E-state index is 6.16. The van der Waals surface area contributed by atoms with Gasteiger partial charge in [-0.15, -0.1) is 11.3 Å². The molecule has 22 aromatic carbocycles. The van der Waals surface area contributed by atoms with E-state index >= 15 is 0 Å². The third-order valence-corrected chi connectivity index (χ3v) is 28.1. The van der Waals surface area contributed by atoms with E-state index in [1.165, 1.54) is 47.1 Å². The smallest absolute Gasteiger partial charge is 0.160 e. The van der Waals surface area contributed by atoms with Gasteiger partial charge in [0.05, 0.1) is 44.8 Å². The minimum Gasteiger partial charge on any atom is -0.456 e. The molecule has 652 valence electrons. The van der Waals surface area contributed by atoms with Gasteiger partial charge >= 0.3 is 0 Å². The van der Waals surface area contributed by atoms with Gasteiger partial charge < -0.3 is 13.3 Å². The third-order valence-electron chi connectivity index (χ3n) is 27.0. The van der Waals surface area contributed by atoms with E-state index in [0.717, 1.165) is 226 Å². The second-order valence-electron chi connectivity index (χ2n) is 35.4. The van der Waals surface area contributed by atoms with Gasteiger partial charge in [0.1, 0.15) is 33.5 Å². The first kappa shape index (κ1) is 81.0. The molecule has 12 heteroatoms. The van der Waals surface area contributed by atoms with Crippen LogP contribution in [0.4, 0.5) is 0 Å². The Morgan fingerprint density at radius 1 is 0.150 bits per heavy atom. The predicted molar refractivity (Wildman–Crippen MR) is 581 cm³/mol. The number of thiophene rings is 1. The van der Waals surface area contributed by atoms with Crippen LogP contribution in [0.5, 0.6) is 0 Å². The van der Waals surface area contributed by atoms with Crippen molar-refractivity contribution in [2.75, 3.05) is 0 Å². The minimum atomic E-state index is 0.716. The molecule has 0 saturated heterocycles. The first-order valence-electron chi connectivity index (χ1n) is 46.9. The van der Waals surface area contributed by atoms with Gasteiger partial charge in [-0.25, -0.2) is 39.9 Å². The van der Waals surface area contributed by atoms with E-state index in [4.69, 9.17) is 53.1 Å². The Morgan fingerprint density at radius 3 is 0.971 bits per heavy atom. The van der Waals surface area contributed by atoms with Gasteiger partial charge in [0, 0.05) is 124 Å². The fourth-order valence-corrected chi connectivity index (χ4v) is 21.3. The van der Waals surface area contributed by atoms with Crippen LogP contribution in [0.1, 0.15) is 0 Å². The Labute approximate surface area is 804 Å². The number of fused-ring (bicyclic) bond motifs is 25. The van der Waals surface area contributed by atoms with Gasteiger partial charge in [0.2, 0.25) is 0 Å². The van der Waals surface area contributed by atoms with Crippen LogP contribution in [0.15, 0.2) is 474 Å². The highest BCUT2D eigenvalue weighted by Crippen LogP contribution is 2.45. The molecule has 8 heterocycles. The second kappa shape index (κ2) is 33.8. The molecule has 0 aliphatic rings. The lowest BCUT2D eigenvalue weighted by Crippen LogP contribution is -1.96. The summed E-state index contributed by atoms with van der Waals surface area (Å²) in [4.78, 5) is 40.4. The molecule has 11 nitrogen and oxygen atoms in total. The van der Waals surface area contributed by atoms with Crippen LogP contribution in [-0.2, 0) is 0 Å². The van der Waals surface area contributed by atoms with E-state index in [9.17, 15) is 0 Å². The minimum absolute atomic E-state index is 0.716. The number of nitrogens with zero attached hydrogens (tertiary/aromatic N) is 8. The van der Waals surface area contributed by atoms with E-state index in [1.807, 2.05) is 121 Å². The van der Waals surface area contributed by atoms with Crippen LogP contribution >= 0.6 is 11.3 Å². The SMILES string of the molecule is c1ccc(-c2nc(-c3ccc4cc5c(cc4c3)oc3ccccc35)nc3c2ccc2ccccc23)cc1.c1ccc(-c2nc(-c3ccc4cc5c(cc4c3)oc3ccccc35)nc3ccc4ccccc4c23)cc1.c1ccc(-c2nc(-c3ccc4cc5c(cc4c3)oc3ccccc35)nc3ccccc23)cc1.c1ccc(-c2nc(-c3ccc4ccc5sc6ccccc6c5c4c3)nc3ccccc23)cc1. The normalized spacial score (nSPS) is 11.7. The lowest BCUT2D eigenvalue weighted by Gasteiger charge is -2.12. The molecular formula is C128H76N8O3S. The summed E-state index contributed by atoms with van der Waals surface area (Å²) in [5.74, 6) is 2.91. The zero-order valence-electron chi connectivity index (χ0n) is 75.1. The second-order valence-corrected chi connectivity index (χ2v) is 36.5. The van der Waals surface area contributed by atoms with Gasteiger partial charge in [-0.1, -0.05) is 346 Å². The lowest BCUT2D eigenvalue weighted by atomic mass is 9.99. The Bertz CT molecular complexity index is 10200. The number of benzene rings is 22. The predicted octanol–water partition coefficient (Wildman–Crippen LogP) is 34.8. The van der Waals surface area contributed by atoms with Crippen LogP contribution in [-0.4, -0.2) is 39.9 Å². The van der Waals surface area contributed by atoms with E-state index in [-0.39, 0.29) is 0 Å². The van der Waals surface area contributed by atoms with E-state index in [0.29, 0.717) is 11.6 Å². The quantitative estimate of drug-likeness (QED) is 0.134. The van der Waals surface area contributed by atoms with E-state index < -0.39 is 0 Å². The number of para-hydroxylation sites is 5. The van der Waals surface area contributed by atoms with Crippen molar-refractivity contribution in [3.8, 4) is 90.6 Å². The highest BCUT2D eigenvalue weighted by molar-refractivity contribution is 7.26. The van der Waals surface area contributed by atoms with Gasteiger partial charge in [-0.05, 0) is 175 Å². The number of rotatable bonds is 8. The zero-order valence-corrected chi connectivity index (χ0v) is 75.9. The van der Waals surface area contributed by atoms with Crippen molar-refractivity contribution in [3.05, 3.63) is 461 Å². The molecule has 140 heavy (non-hydrogen) atoms. The lowest BCUT2D eigenvalue weighted by molar-refractivity contribution is 0.669. The molecule has 0 aliphatic carbocycles. The number of furan rings is 3. The standard InChI is InChI=1S/2C34H20N2O.C30H18N2O.C30H18N2S/c1-2-9-22(10-3-1)33-32-26-11-5-4-8-21(26)16-17-29(32)35-34(36-33)24-15-14-23-19-28-27-12-6-7-13-30(27)37-31(28)20-25(23)18-24;1-2-9-22(10-3-1)32-28-17-16-21-8-4-5-11-26(21)33(28)36-34(35-32)24-15-14-23-19-29-27-12-6-7-13-30(27)37-31(29)20-25(23)18-24;1-2-8-19(9-3-1)29-24-11-4-6-12-26(24)31-30(32-29)21-15-14-20-17-25-23-10-5-7-13-27(23)33-28(25)18-22(20)16-21;1-2-8-20(9-3-1)29-22-10-4-6-12-25(22)31-30(32-29)21-15-14-19-16-17-27-28(24(19)18-21)23-11-5-7-13-26(23)33-27/h2*1-20H;2*1-18H. The molecule has 30 aromatic rings. The van der Waals surface area contributed by atoms with Crippen molar-refractivity contribution in [1.29, 1.82) is 0 Å². The summed E-state index contributed by atoms with van der Waals surface area (Å²) in [5.41, 5.74) is 21.3. The van der Waals surface area contributed by atoms with Crippen molar-refractivity contribution in [3.63, 3.8) is 0 Å². The van der Waals surface area contributed by atoms with Gasteiger partial charge in [-0.2, -0.15) is 0 Å². The number of aromatic nitrogens is 8. The summed E-state index contributed by atoms with van der Waals surface area (Å²) in [5, 5.41) is 27.7. The van der Waals surface area contributed by atoms with Crippen LogP contribution in [0.2, 0.25) is 0 Å². The average Bonchev–Trinajstić information content (AvgIpc) is 1.23. The fraction of sp³-hybridized carbons (Fsp3) is 0. The van der Waals surface area contributed by atoms with Crippen molar-refractivity contribution in [2.24, 2.45) is 0 Å². The number of hydrogen-bond donors (Lipinski definition) is 0. The van der Waals surface area contributed by atoms with Crippen molar-refractivity contribution in [1.82, 2.24) is 39.9 Å².